The van der Waals surface area contributed by atoms with Gasteiger partial charge < -0.3 is 34.7 Å². The van der Waals surface area contributed by atoms with E-state index in [1.165, 1.54) is 6.42 Å². The Bertz CT molecular complexity index is 842. The third-order valence-corrected chi connectivity index (χ3v) is 8.82. The predicted molar refractivity (Wildman–Crippen MR) is 199 cm³/mol. The minimum absolute atomic E-state index is 0.0219. The first-order valence-corrected chi connectivity index (χ1v) is 18.2. The van der Waals surface area contributed by atoms with Crippen LogP contribution in [0.15, 0.2) is 0 Å². The van der Waals surface area contributed by atoms with Crippen LogP contribution in [0.3, 0.4) is 0 Å². The van der Waals surface area contributed by atoms with E-state index in [9.17, 15) is 9.59 Å². The first-order chi connectivity index (χ1) is 22.4. The van der Waals surface area contributed by atoms with Gasteiger partial charge in [0, 0.05) is 44.4 Å². The Balaban J connectivity index is 0. The summed E-state index contributed by atoms with van der Waals surface area (Å²) in [6.07, 6.45) is 9.37. The van der Waals surface area contributed by atoms with Gasteiger partial charge in [-0.3, -0.25) is 9.59 Å². The molecule has 0 aliphatic carbocycles. The lowest BCUT2D eigenvalue weighted by atomic mass is 9.83. The molecule has 0 aromatic heterocycles. The number of rotatable bonds is 28. The molecule has 2 unspecified atom stereocenters. The fourth-order valence-corrected chi connectivity index (χ4v) is 5.57. The number of hydrogen-bond acceptors (Lipinski definition) is 10. The van der Waals surface area contributed by atoms with E-state index in [4.69, 9.17) is 9.59 Å². The molecule has 0 aliphatic heterocycles. The molecular formula is C37H77N7O4. The highest BCUT2D eigenvalue weighted by molar-refractivity contribution is 5.87. The first kappa shape index (κ1) is 48.4. The van der Waals surface area contributed by atoms with Gasteiger partial charge in [-0.05, 0) is 147 Å². The molecule has 2 atom stereocenters. The maximum Gasteiger partial charge on any atom is 0.373 e. The molecule has 48 heavy (non-hydrogen) atoms. The standard InChI is InChI=1S/C36H77N7O2.CO2/c1-36(2,3)34(20-14-16-23-39(6)7)37-35(45)32(19-13-15-22-38(4)5)31-33(44)21-28-41(10)26-18-27-43(12)30-29-42(11)25-17-24-40(8)9;2-1-3/h32,34H,13-31H2,1-12H3,(H,37,45);. The highest BCUT2D eigenvalue weighted by Crippen LogP contribution is 2.25. The number of unbranched alkanes of at least 4 members (excludes halogenated alkanes) is 2. The summed E-state index contributed by atoms with van der Waals surface area (Å²) in [5, 5.41) is 3.40. The molecule has 0 aromatic carbocycles. The van der Waals surface area contributed by atoms with Gasteiger partial charge in [0.1, 0.15) is 5.78 Å². The van der Waals surface area contributed by atoms with Crippen molar-refractivity contribution in [3.63, 3.8) is 0 Å². The zero-order valence-electron chi connectivity index (χ0n) is 33.4. The zero-order chi connectivity index (χ0) is 37.1. The minimum Gasteiger partial charge on any atom is -0.353 e. The Morgan fingerprint density at radius 2 is 0.958 bits per heavy atom. The van der Waals surface area contributed by atoms with Gasteiger partial charge in [0.05, 0.1) is 0 Å². The molecule has 0 heterocycles. The number of hydrogen-bond donors (Lipinski definition) is 1. The molecule has 11 nitrogen and oxygen atoms in total. The molecule has 0 rings (SSSR count). The van der Waals surface area contributed by atoms with E-state index in [1.54, 1.807) is 0 Å². The molecule has 0 fully saturated rings. The predicted octanol–water partition coefficient (Wildman–Crippen LogP) is 3.50. The molecule has 1 N–H and O–H groups in total. The van der Waals surface area contributed by atoms with Crippen LogP contribution in [0.5, 0.6) is 0 Å². The number of nitrogens with zero attached hydrogens (tertiary/aromatic N) is 6. The second-order valence-electron chi connectivity index (χ2n) is 15.7. The summed E-state index contributed by atoms with van der Waals surface area (Å²) < 4.78 is 0. The van der Waals surface area contributed by atoms with Crippen LogP contribution >= 0.6 is 0 Å². The van der Waals surface area contributed by atoms with Crippen molar-refractivity contribution in [3.05, 3.63) is 0 Å². The minimum atomic E-state index is -0.244. The Morgan fingerprint density at radius 1 is 0.562 bits per heavy atom. The van der Waals surface area contributed by atoms with Crippen molar-refractivity contribution in [2.75, 3.05) is 122 Å². The van der Waals surface area contributed by atoms with Gasteiger partial charge in [-0.15, -0.1) is 0 Å². The summed E-state index contributed by atoms with van der Waals surface area (Å²) in [5.74, 6) is 0.0362. The lowest BCUT2D eigenvalue weighted by molar-refractivity contribution is -0.191. The first-order valence-electron chi connectivity index (χ1n) is 18.2. The molecule has 0 bridgehead atoms. The molecule has 284 valence electrons. The molecular weight excluding hydrogens is 606 g/mol. The van der Waals surface area contributed by atoms with E-state index in [1.807, 2.05) is 0 Å². The number of ketones is 1. The van der Waals surface area contributed by atoms with Crippen molar-refractivity contribution in [2.24, 2.45) is 11.3 Å². The Morgan fingerprint density at radius 3 is 1.40 bits per heavy atom. The van der Waals surface area contributed by atoms with Gasteiger partial charge in [-0.25, -0.2) is 0 Å². The van der Waals surface area contributed by atoms with Crippen molar-refractivity contribution in [3.8, 4) is 0 Å². The van der Waals surface area contributed by atoms with Gasteiger partial charge >= 0.3 is 6.15 Å². The zero-order valence-corrected chi connectivity index (χ0v) is 33.4. The lowest BCUT2D eigenvalue weighted by Gasteiger charge is -2.33. The van der Waals surface area contributed by atoms with Crippen LogP contribution in [-0.2, 0) is 19.2 Å². The maximum atomic E-state index is 13.6. The SMILES string of the molecule is CN(C)CCCCC(CC(=O)CCN(C)CCCN(C)CCN(C)CCCN(C)C)C(=O)NC(CCCCN(C)C)C(C)(C)C.O=C=O. The third-order valence-electron chi connectivity index (χ3n) is 8.82. The van der Waals surface area contributed by atoms with Crippen molar-refractivity contribution in [1.82, 2.24) is 34.7 Å². The molecule has 11 heteroatoms. The average Bonchev–Trinajstić information content (AvgIpc) is 2.97. The van der Waals surface area contributed by atoms with Crippen molar-refractivity contribution in [1.29, 1.82) is 0 Å². The summed E-state index contributed by atoms with van der Waals surface area (Å²) in [6, 6.07) is 0.110. The van der Waals surface area contributed by atoms with Gasteiger partial charge in [-0.1, -0.05) is 33.6 Å². The Kier molecular flexibility index (Phi) is 29.3. The van der Waals surface area contributed by atoms with Gasteiger partial charge in [0.15, 0.2) is 0 Å². The maximum absolute atomic E-state index is 13.6. The highest BCUT2D eigenvalue weighted by atomic mass is 16.2. The number of Topliss-reactive ketones (excluding diaryl/α,β-unsaturated/α-hetero) is 1. The lowest BCUT2D eigenvalue weighted by Crippen LogP contribution is -2.46. The fourth-order valence-electron chi connectivity index (χ4n) is 5.57. The topological polar surface area (TPSA) is 99.8 Å². The molecule has 0 saturated heterocycles. The van der Waals surface area contributed by atoms with E-state index in [-0.39, 0.29) is 35.2 Å². The monoisotopic (exact) mass is 684 g/mol. The summed E-state index contributed by atoms with van der Waals surface area (Å²) in [4.78, 5) is 56.8. The van der Waals surface area contributed by atoms with Gasteiger partial charge in [0.2, 0.25) is 5.91 Å². The fraction of sp³-hybridized carbons (Fsp3) is 0.919. The number of carbonyl (C=O) groups excluding carboxylic acids is 4. The van der Waals surface area contributed by atoms with Crippen molar-refractivity contribution in [2.45, 2.75) is 91.0 Å². The smallest absolute Gasteiger partial charge is 0.353 e. The van der Waals surface area contributed by atoms with E-state index in [0.717, 1.165) is 104 Å². The van der Waals surface area contributed by atoms with Crippen LogP contribution < -0.4 is 5.32 Å². The molecule has 0 aromatic rings. The van der Waals surface area contributed by atoms with Gasteiger partial charge in [-0.2, -0.15) is 9.59 Å². The van der Waals surface area contributed by atoms with Crippen LogP contribution in [0.25, 0.3) is 0 Å². The summed E-state index contributed by atoms with van der Waals surface area (Å²) in [7, 11) is 19.2. The number of amides is 1. The van der Waals surface area contributed by atoms with E-state index in [2.05, 4.69) is 119 Å². The summed E-state index contributed by atoms with van der Waals surface area (Å²) in [6.45, 7) is 15.9. The quantitative estimate of drug-likeness (QED) is 0.124. The average molecular weight is 684 g/mol. The highest BCUT2D eigenvalue weighted by Gasteiger charge is 2.29. The summed E-state index contributed by atoms with van der Waals surface area (Å²) >= 11 is 0. The van der Waals surface area contributed by atoms with Crippen LogP contribution in [0, 0.1) is 11.3 Å². The van der Waals surface area contributed by atoms with Crippen molar-refractivity contribution >= 4 is 17.8 Å². The van der Waals surface area contributed by atoms with E-state index < -0.39 is 0 Å². The molecule has 0 aliphatic rings. The number of nitrogens with one attached hydrogen (secondary N) is 1. The largest absolute Gasteiger partial charge is 0.373 e. The molecule has 0 spiro atoms. The normalized spacial score (nSPS) is 13.3. The van der Waals surface area contributed by atoms with E-state index in [0.29, 0.717) is 12.8 Å². The molecule has 0 radical (unpaired) electrons. The Labute approximate surface area is 296 Å². The number of likely N-dealkylation sites (N-methyl/N-ethyl adjacent to an activating group) is 2. The second kappa shape index (κ2) is 29.1. The van der Waals surface area contributed by atoms with E-state index >= 15 is 0 Å². The van der Waals surface area contributed by atoms with Crippen LogP contribution in [0.1, 0.15) is 85.0 Å². The van der Waals surface area contributed by atoms with Crippen LogP contribution in [0.4, 0.5) is 0 Å². The summed E-state index contributed by atoms with van der Waals surface area (Å²) in [5.41, 5.74) is -0.0219. The van der Waals surface area contributed by atoms with Gasteiger partial charge in [0.25, 0.3) is 0 Å². The molecule has 0 saturated carbocycles. The van der Waals surface area contributed by atoms with Crippen molar-refractivity contribution < 1.29 is 19.2 Å². The van der Waals surface area contributed by atoms with Crippen LogP contribution in [0.2, 0.25) is 0 Å². The second-order valence-corrected chi connectivity index (χ2v) is 15.7. The van der Waals surface area contributed by atoms with Crippen LogP contribution in [-0.4, -0.2) is 176 Å². The Hall–Kier alpha value is -1.72. The number of carbonyl (C=O) groups is 2. The molecule has 1 amide bonds. The third kappa shape index (κ3) is 30.3.